The van der Waals surface area contributed by atoms with E-state index in [2.05, 4.69) is 30.2 Å². The summed E-state index contributed by atoms with van der Waals surface area (Å²) in [6.07, 6.45) is 4.89. The normalized spacial score (nSPS) is 11.1. The van der Waals surface area contributed by atoms with Crippen LogP contribution in [0.25, 0.3) is 44.6 Å². The number of methoxy groups -OCH3 is 1. The number of ether oxygens (including phenoxy) is 1. The Hall–Kier alpha value is -5.31. The minimum absolute atomic E-state index is 0.0723. The summed E-state index contributed by atoms with van der Waals surface area (Å²) >= 11 is 0. The number of carbonyl (C=O) groups is 1. The van der Waals surface area contributed by atoms with Crippen molar-refractivity contribution in [2.75, 3.05) is 12.4 Å². The van der Waals surface area contributed by atoms with Crippen molar-refractivity contribution in [1.82, 2.24) is 24.9 Å². The maximum absolute atomic E-state index is 12.9. The Morgan fingerprint density at radius 1 is 0.865 bits per heavy atom. The van der Waals surface area contributed by atoms with E-state index in [1.54, 1.807) is 68.2 Å². The molecule has 0 radical (unpaired) electrons. The number of anilines is 1. The van der Waals surface area contributed by atoms with Gasteiger partial charge in [0.05, 0.1) is 34.7 Å². The first kappa shape index (κ1) is 22.2. The molecule has 0 unspecified atom stereocenters. The lowest BCUT2D eigenvalue weighted by Gasteiger charge is -2.09. The summed E-state index contributed by atoms with van der Waals surface area (Å²) in [7, 11) is 1.56. The Labute approximate surface area is 210 Å². The van der Waals surface area contributed by atoms with E-state index in [1.807, 2.05) is 24.3 Å². The summed E-state index contributed by atoms with van der Waals surface area (Å²) in [5, 5.41) is 13.5. The van der Waals surface area contributed by atoms with E-state index in [-0.39, 0.29) is 11.7 Å². The molecule has 3 aromatic carbocycles. The summed E-state index contributed by atoms with van der Waals surface area (Å²) in [6.45, 7) is 0. The van der Waals surface area contributed by atoms with Crippen molar-refractivity contribution in [1.29, 1.82) is 0 Å². The van der Waals surface area contributed by atoms with Crippen molar-refractivity contribution in [2.45, 2.75) is 0 Å². The second kappa shape index (κ2) is 9.04. The Bertz CT molecular complexity index is 1800. The van der Waals surface area contributed by atoms with Gasteiger partial charge in [0.25, 0.3) is 5.91 Å². The first-order valence-corrected chi connectivity index (χ1v) is 11.4. The van der Waals surface area contributed by atoms with Gasteiger partial charge in [-0.05, 0) is 66.2 Å². The monoisotopic (exact) mass is 488 g/mol. The number of phenolic OH excluding ortho intramolecular Hbond substituents is 1. The molecule has 0 aliphatic heterocycles. The van der Waals surface area contributed by atoms with E-state index in [4.69, 9.17) is 4.74 Å². The predicted molar refractivity (Wildman–Crippen MR) is 140 cm³/mol. The zero-order valence-corrected chi connectivity index (χ0v) is 19.6. The van der Waals surface area contributed by atoms with Crippen LogP contribution in [0, 0.1) is 0 Å². The molecule has 3 heterocycles. The number of aromatic hydroxyl groups is 1. The van der Waals surface area contributed by atoms with Gasteiger partial charge in [-0.1, -0.05) is 6.07 Å². The molecule has 3 N–H and O–H groups in total. The van der Waals surface area contributed by atoms with E-state index in [1.165, 1.54) is 0 Å². The third-order valence-corrected chi connectivity index (χ3v) is 6.00. The number of aromatic nitrogens is 5. The molecule has 6 aromatic rings. The van der Waals surface area contributed by atoms with Crippen LogP contribution in [-0.4, -0.2) is 43.0 Å². The average Bonchev–Trinajstić information content (AvgIpc) is 3.36. The minimum atomic E-state index is -0.275. The molecule has 6 rings (SSSR count). The lowest BCUT2D eigenvalue weighted by atomic mass is 10.0. The number of nitrogens with zero attached hydrogens (tertiary/aromatic N) is 4. The SMILES string of the molecule is COc1ncccc1-c1ccc(O)c(-c2nc3cc(C(=O)Nc4ccc5nccnc5c4)ccc3[nH]2)c1. The number of phenols is 1. The number of fused-ring (bicyclic) bond motifs is 2. The lowest BCUT2D eigenvalue weighted by Crippen LogP contribution is -2.11. The molecular formula is C28H20N6O3. The molecule has 0 saturated carbocycles. The minimum Gasteiger partial charge on any atom is -0.507 e. The fraction of sp³-hybridized carbons (Fsp3) is 0.0357. The Morgan fingerprint density at radius 3 is 2.59 bits per heavy atom. The lowest BCUT2D eigenvalue weighted by molar-refractivity contribution is 0.102. The van der Waals surface area contributed by atoms with Crippen LogP contribution < -0.4 is 10.1 Å². The van der Waals surface area contributed by atoms with Crippen LogP contribution in [0.1, 0.15) is 10.4 Å². The first-order chi connectivity index (χ1) is 18.1. The molecule has 0 bridgehead atoms. The maximum Gasteiger partial charge on any atom is 0.255 e. The number of nitrogens with one attached hydrogen (secondary N) is 2. The number of aromatic amines is 1. The van der Waals surface area contributed by atoms with Crippen LogP contribution in [0.3, 0.4) is 0 Å². The molecule has 0 spiro atoms. The van der Waals surface area contributed by atoms with Gasteiger partial charge in [-0.25, -0.2) is 9.97 Å². The number of carbonyl (C=O) groups excluding carboxylic acids is 1. The second-order valence-corrected chi connectivity index (χ2v) is 8.32. The van der Waals surface area contributed by atoms with Crippen LogP contribution in [0.5, 0.6) is 11.6 Å². The van der Waals surface area contributed by atoms with Gasteiger partial charge in [-0.2, -0.15) is 0 Å². The van der Waals surface area contributed by atoms with Crippen LogP contribution in [0.2, 0.25) is 0 Å². The van der Waals surface area contributed by atoms with E-state index in [9.17, 15) is 9.90 Å². The average molecular weight is 489 g/mol. The zero-order chi connectivity index (χ0) is 25.4. The van der Waals surface area contributed by atoms with Crippen molar-refractivity contribution < 1.29 is 14.6 Å². The van der Waals surface area contributed by atoms with Crippen molar-refractivity contribution in [2.24, 2.45) is 0 Å². The third-order valence-electron chi connectivity index (χ3n) is 6.00. The third kappa shape index (κ3) is 4.19. The maximum atomic E-state index is 12.9. The highest BCUT2D eigenvalue weighted by Gasteiger charge is 2.15. The second-order valence-electron chi connectivity index (χ2n) is 8.32. The molecule has 0 atom stereocenters. The van der Waals surface area contributed by atoms with Crippen molar-refractivity contribution in [3.8, 4) is 34.1 Å². The Morgan fingerprint density at radius 2 is 1.73 bits per heavy atom. The quantitative estimate of drug-likeness (QED) is 0.304. The van der Waals surface area contributed by atoms with Crippen LogP contribution >= 0.6 is 0 Å². The van der Waals surface area contributed by atoms with E-state index < -0.39 is 0 Å². The molecular weight excluding hydrogens is 468 g/mol. The largest absolute Gasteiger partial charge is 0.507 e. The number of rotatable bonds is 5. The molecule has 180 valence electrons. The van der Waals surface area contributed by atoms with Gasteiger partial charge in [0.1, 0.15) is 11.6 Å². The van der Waals surface area contributed by atoms with Crippen LogP contribution in [-0.2, 0) is 0 Å². The summed E-state index contributed by atoms with van der Waals surface area (Å²) in [5.41, 5.74) is 5.96. The number of amides is 1. The van der Waals surface area contributed by atoms with Gasteiger partial charge in [0.15, 0.2) is 0 Å². The number of pyridine rings is 1. The molecule has 9 nitrogen and oxygen atoms in total. The van der Waals surface area contributed by atoms with Crippen molar-refractivity contribution in [3.63, 3.8) is 0 Å². The molecule has 3 aromatic heterocycles. The predicted octanol–water partition coefficient (Wildman–Crippen LogP) is 5.20. The summed E-state index contributed by atoms with van der Waals surface area (Å²) in [6, 6.07) is 19.5. The van der Waals surface area contributed by atoms with Gasteiger partial charge in [0, 0.05) is 35.4 Å². The molecule has 1 amide bonds. The number of H-pyrrole nitrogens is 1. The van der Waals surface area contributed by atoms with Crippen molar-refractivity contribution in [3.05, 3.63) is 90.9 Å². The van der Waals surface area contributed by atoms with E-state index in [0.29, 0.717) is 39.6 Å². The number of imidazole rings is 1. The topological polar surface area (TPSA) is 126 Å². The van der Waals surface area contributed by atoms with Gasteiger partial charge >= 0.3 is 0 Å². The fourth-order valence-corrected chi connectivity index (χ4v) is 4.19. The van der Waals surface area contributed by atoms with Crippen LogP contribution in [0.4, 0.5) is 5.69 Å². The molecule has 0 fully saturated rings. The summed E-state index contributed by atoms with van der Waals surface area (Å²) in [4.78, 5) is 33.6. The Balaban J connectivity index is 1.31. The van der Waals surface area contributed by atoms with Gasteiger partial charge in [-0.15, -0.1) is 0 Å². The van der Waals surface area contributed by atoms with Gasteiger partial charge in [-0.3, -0.25) is 14.8 Å². The van der Waals surface area contributed by atoms with Crippen molar-refractivity contribution >= 4 is 33.7 Å². The standard InChI is InChI=1S/C28H20N6O3/c1-37-28-19(3-2-10-31-28)16-5-9-25(35)20(13-16)26-33-22-7-4-17(14-24(22)34-26)27(36)32-18-6-8-21-23(15-18)30-12-11-29-21/h2-15,35H,1H3,(H,32,36)(H,33,34). The van der Waals surface area contributed by atoms with Crippen LogP contribution in [0.15, 0.2) is 85.3 Å². The number of hydrogen-bond donors (Lipinski definition) is 3. The summed E-state index contributed by atoms with van der Waals surface area (Å²) in [5.74, 6) is 0.756. The number of hydrogen-bond acceptors (Lipinski definition) is 7. The summed E-state index contributed by atoms with van der Waals surface area (Å²) < 4.78 is 5.38. The van der Waals surface area contributed by atoms with E-state index in [0.717, 1.165) is 22.2 Å². The molecule has 0 aliphatic carbocycles. The van der Waals surface area contributed by atoms with Gasteiger partial charge < -0.3 is 20.1 Å². The molecule has 9 heteroatoms. The smallest absolute Gasteiger partial charge is 0.255 e. The van der Waals surface area contributed by atoms with Gasteiger partial charge in [0.2, 0.25) is 5.88 Å². The fourth-order valence-electron chi connectivity index (χ4n) is 4.19. The molecule has 0 aliphatic rings. The van der Waals surface area contributed by atoms with E-state index >= 15 is 0 Å². The Kier molecular flexibility index (Phi) is 5.42. The first-order valence-electron chi connectivity index (χ1n) is 11.4. The highest BCUT2D eigenvalue weighted by atomic mass is 16.5. The number of benzene rings is 3. The molecule has 37 heavy (non-hydrogen) atoms. The molecule has 0 saturated heterocycles. The highest BCUT2D eigenvalue weighted by molar-refractivity contribution is 6.06. The zero-order valence-electron chi connectivity index (χ0n) is 19.6. The highest BCUT2D eigenvalue weighted by Crippen LogP contribution is 2.35.